The SMILES string of the molecule is O=C(NCc1ccc(S(=O)(=O)N2CCNCC2)cc1)c1ccc2nccn2c1. The first-order valence-electron chi connectivity index (χ1n) is 9.05. The fourth-order valence-corrected chi connectivity index (χ4v) is 4.59. The largest absolute Gasteiger partial charge is 0.348 e. The van der Waals surface area contributed by atoms with Crippen LogP contribution in [0.4, 0.5) is 0 Å². The Kier molecular flexibility index (Phi) is 5.12. The number of imidazole rings is 1. The molecule has 28 heavy (non-hydrogen) atoms. The second kappa shape index (κ2) is 7.70. The number of benzene rings is 1. The summed E-state index contributed by atoms with van der Waals surface area (Å²) in [6, 6.07) is 10.2. The number of carbonyl (C=O) groups excluding carboxylic acids is 1. The first-order valence-corrected chi connectivity index (χ1v) is 10.5. The summed E-state index contributed by atoms with van der Waals surface area (Å²) in [4.78, 5) is 16.8. The van der Waals surface area contributed by atoms with Crippen molar-refractivity contribution in [3.05, 3.63) is 66.1 Å². The van der Waals surface area contributed by atoms with E-state index in [-0.39, 0.29) is 10.8 Å². The highest BCUT2D eigenvalue weighted by Gasteiger charge is 2.25. The molecule has 146 valence electrons. The molecule has 4 rings (SSSR count). The number of amides is 1. The predicted molar refractivity (Wildman–Crippen MR) is 104 cm³/mol. The molecule has 0 atom stereocenters. The molecule has 0 radical (unpaired) electrons. The first kappa shape index (κ1) is 18.6. The van der Waals surface area contributed by atoms with Crippen molar-refractivity contribution < 1.29 is 13.2 Å². The lowest BCUT2D eigenvalue weighted by atomic mass is 10.2. The van der Waals surface area contributed by atoms with Gasteiger partial charge in [0.05, 0.1) is 10.5 Å². The smallest absolute Gasteiger partial charge is 0.253 e. The lowest BCUT2D eigenvalue weighted by Gasteiger charge is -2.26. The summed E-state index contributed by atoms with van der Waals surface area (Å²) in [5.41, 5.74) is 2.14. The average Bonchev–Trinajstić information content (AvgIpc) is 3.21. The normalized spacial score (nSPS) is 15.6. The molecule has 1 fully saturated rings. The second-order valence-corrected chi connectivity index (χ2v) is 8.53. The van der Waals surface area contributed by atoms with Gasteiger partial charge in [0.25, 0.3) is 5.91 Å². The molecule has 1 saturated heterocycles. The van der Waals surface area contributed by atoms with E-state index in [0.29, 0.717) is 38.3 Å². The van der Waals surface area contributed by atoms with Crippen LogP contribution in [0.5, 0.6) is 0 Å². The molecular weight excluding hydrogens is 378 g/mol. The van der Waals surface area contributed by atoms with Crippen molar-refractivity contribution in [1.29, 1.82) is 0 Å². The number of sulfonamides is 1. The van der Waals surface area contributed by atoms with E-state index in [1.54, 1.807) is 59.4 Å². The molecule has 0 unspecified atom stereocenters. The van der Waals surface area contributed by atoms with Crippen molar-refractivity contribution in [2.24, 2.45) is 0 Å². The van der Waals surface area contributed by atoms with Gasteiger partial charge in [-0.15, -0.1) is 0 Å². The zero-order valence-corrected chi connectivity index (χ0v) is 16.0. The van der Waals surface area contributed by atoms with Gasteiger partial charge in [0.2, 0.25) is 10.0 Å². The zero-order chi connectivity index (χ0) is 19.6. The van der Waals surface area contributed by atoms with Gasteiger partial charge in [0.1, 0.15) is 5.65 Å². The summed E-state index contributed by atoms with van der Waals surface area (Å²) in [6.45, 7) is 2.58. The van der Waals surface area contributed by atoms with Gasteiger partial charge in [-0.25, -0.2) is 13.4 Å². The van der Waals surface area contributed by atoms with Crippen LogP contribution in [-0.2, 0) is 16.6 Å². The van der Waals surface area contributed by atoms with E-state index in [0.717, 1.165) is 11.2 Å². The molecule has 3 heterocycles. The lowest BCUT2D eigenvalue weighted by molar-refractivity contribution is 0.0950. The Balaban J connectivity index is 1.40. The molecule has 0 bridgehead atoms. The topological polar surface area (TPSA) is 95.8 Å². The molecule has 1 aliphatic heterocycles. The van der Waals surface area contributed by atoms with Crippen LogP contribution in [0.1, 0.15) is 15.9 Å². The number of hydrogen-bond donors (Lipinski definition) is 2. The molecule has 0 spiro atoms. The fourth-order valence-electron chi connectivity index (χ4n) is 3.15. The first-order chi connectivity index (χ1) is 13.5. The molecule has 8 nitrogen and oxygen atoms in total. The third kappa shape index (κ3) is 3.77. The van der Waals surface area contributed by atoms with E-state index < -0.39 is 10.0 Å². The monoisotopic (exact) mass is 399 g/mol. The second-order valence-electron chi connectivity index (χ2n) is 6.59. The van der Waals surface area contributed by atoms with Gasteiger partial charge in [-0.3, -0.25) is 4.79 Å². The van der Waals surface area contributed by atoms with Gasteiger partial charge in [0, 0.05) is 51.3 Å². The van der Waals surface area contributed by atoms with Crippen molar-refractivity contribution in [2.45, 2.75) is 11.4 Å². The van der Waals surface area contributed by atoms with E-state index in [4.69, 9.17) is 0 Å². The molecule has 9 heteroatoms. The summed E-state index contributed by atoms with van der Waals surface area (Å²) in [7, 11) is -3.47. The number of hydrogen-bond acceptors (Lipinski definition) is 5. The van der Waals surface area contributed by atoms with Gasteiger partial charge in [-0.1, -0.05) is 12.1 Å². The Morgan fingerprint density at radius 1 is 1.11 bits per heavy atom. The average molecular weight is 399 g/mol. The minimum Gasteiger partial charge on any atom is -0.348 e. The molecule has 3 aromatic rings. The Bertz CT molecular complexity index is 1090. The molecule has 1 aromatic carbocycles. The number of carbonyl (C=O) groups is 1. The predicted octanol–water partition coefficient (Wildman–Crippen LogP) is 0.858. The molecule has 2 aromatic heterocycles. The summed E-state index contributed by atoms with van der Waals surface area (Å²) < 4.78 is 28.6. The molecule has 2 N–H and O–H groups in total. The number of rotatable bonds is 5. The maximum absolute atomic E-state index is 12.7. The summed E-state index contributed by atoms with van der Waals surface area (Å²) in [6.07, 6.45) is 5.18. The van der Waals surface area contributed by atoms with Crippen molar-refractivity contribution in [3.63, 3.8) is 0 Å². The molecule has 0 aliphatic carbocycles. The van der Waals surface area contributed by atoms with Crippen molar-refractivity contribution in [1.82, 2.24) is 24.3 Å². The highest BCUT2D eigenvalue weighted by Crippen LogP contribution is 2.17. The number of piperazine rings is 1. The number of aromatic nitrogens is 2. The Labute approximate surface area is 163 Å². The zero-order valence-electron chi connectivity index (χ0n) is 15.2. The van der Waals surface area contributed by atoms with Crippen molar-refractivity contribution in [2.75, 3.05) is 26.2 Å². The van der Waals surface area contributed by atoms with Crippen LogP contribution in [0.2, 0.25) is 0 Å². The highest BCUT2D eigenvalue weighted by atomic mass is 32.2. The number of pyridine rings is 1. The third-order valence-electron chi connectivity index (χ3n) is 4.74. The number of fused-ring (bicyclic) bond motifs is 1. The Morgan fingerprint density at radius 2 is 1.86 bits per heavy atom. The molecular formula is C19H21N5O3S. The maximum atomic E-state index is 12.7. The van der Waals surface area contributed by atoms with Crippen LogP contribution in [0.3, 0.4) is 0 Å². The van der Waals surface area contributed by atoms with Crippen LogP contribution in [0, 0.1) is 0 Å². The van der Waals surface area contributed by atoms with Crippen molar-refractivity contribution >= 4 is 21.6 Å². The standard InChI is InChI=1S/C19H21N5O3S/c25-19(16-3-6-18-21-9-10-23(18)14-16)22-13-15-1-4-17(5-2-15)28(26,27)24-11-7-20-8-12-24/h1-6,9-10,14,20H,7-8,11-13H2,(H,22,25). The van der Waals surface area contributed by atoms with Gasteiger partial charge in [0.15, 0.2) is 0 Å². The van der Waals surface area contributed by atoms with Crippen LogP contribution in [0.15, 0.2) is 59.9 Å². The Hall–Kier alpha value is -2.75. The number of nitrogens with zero attached hydrogens (tertiary/aromatic N) is 3. The third-order valence-corrected chi connectivity index (χ3v) is 6.65. The van der Waals surface area contributed by atoms with Gasteiger partial charge in [-0.2, -0.15) is 4.31 Å². The minimum absolute atomic E-state index is 0.201. The van der Waals surface area contributed by atoms with Crippen molar-refractivity contribution in [3.8, 4) is 0 Å². The van der Waals surface area contributed by atoms with E-state index in [1.165, 1.54) is 4.31 Å². The lowest BCUT2D eigenvalue weighted by Crippen LogP contribution is -2.46. The summed E-state index contributed by atoms with van der Waals surface area (Å²) >= 11 is 0. The fraction of sp³-hybridized carbons (Fsp3) is 0.263. The number of nitrogens with one attached hydrogen (secondary N) is 2. The van der Waals surface area contributed by atoms with Gasteiger partial charge in [-0.05, 0) is 29.8 Å². The molecule has 1 aliphatic rings. The van der Waals surface area contributed by atoms with Gasteiger partial charge < -0.3 is 15.0 Å². The van der Waals surface area contributed by atoms with E-state index in [9.17, 15) is 13.2 Å². The van der Waals surface area contributed by atoms with E-state index >= 15 is 0 Å². The van der Waals surface area contributed by atoms with E-state index in [1.807, 2.05) is 0 Å². The van der Waals surface area contributed by atoms with Crippen LogP contribution in [0.25, 0.3) is 5.65 Å². The summed E-state index contributed by atoms with van der Waals surface area (Å²) in [5.74, 6) is -0.201. The molecule has 1 amide bonds. The Morgan fingerprint density at radius 3 is 2.61 bits per heavy atom. The van der Waals surface area contributed by atoms with Crippen LogP contribution in [-0.4, -0.2) is 54.2 Å². The maximum Gasteiger partial charge on any atom is 0.253 e. The van der Waals surface area contributed by atoms with Crippen LogP contribution < -0.4 is 10.6 Å². The minimum atomic E-state index is -3.47. The van der Waals surface area contributed by atoms with Crippen LogP contribution >= 0.6 is 0 Å². The van der Waals surface area contributed by atoms with Gasteiger partial charge >= 0.3 is 0 Å². The quantitative estimate of drug-likeness (QED) is 0.663. The molecule has 0 saturated carbocycles. The van der Waals surface area contributed by atoms with E-state index in [2.05, 4.69) is 15.6 Å². The summed E-state index contributed by atoms with van der Waals surface area (Å²) in [5, 5.41) is 6.00. The highest BCUT2D eigenvalue weighted by molar-refractivity contribution is 7.89.